The van der Waals surface area contributed by atoms with Crippen molar-refractivity contribution in [3.05, 3.63) is 230 Å². The van der Waals surface area contributed by atoms with E-state index in [4.69, 9.17) is 0 Å². The molecule has 1 aliphatic carbocycles. The Hall–Kier alpha value is -7.94. The lowest BCUT2D eigenvalue weighted by Gasteiger charge is -2.25. The van der Waals surface area contributed by atoms with E-state index in [1.807, 2.05) is 0 Å². The van der Waals surface area contributed by atoms with E-state index in [1.54, 1.807) is 0 Å². The minimum absolute atomic E-state index is 0.0554. The second-order valence-corrected chi connectivity index (χ2v) is 17.7. The molecule has 11 aromatic carbocycles. The summed E-state index contributed by atoms with van der Waals surface area (Å²) in [6.07, 6.45) is 0. The highest BCUT2D eigenvalue weighted by molar-refractivity contribution is 6.33. The van der Waals surface area contributed by atoms with Crippen LogP contribution in [0.1, 0.15) is 25.0 Å². The van der Waals surface area contributed by atoms with Crippen LogP contribution in [0.3, 0.4) is 0 Å². The second kappa shape index (κ2) is 13.5. The van der Waals surface area contributed by atoms with Crippen molar-refractivity contribution in [3.8, 4) is 39.1 Å². The molecular weight excluding hydrogens is 761 g/mol. The smallest absolute Gasteiger partial charge is 0.0620 e. The Morgan fingerprint density at radius 2 is 0.921 bits per heavy atom. The fourth-order valence-electron chi connectivity index (χ4n) is 10.9. The third-order valence-corrected chi connectivity index (χ3v) is 13.9. The Labute approximate surface area is 366 Å². The fourth-order valence-corrected chi connectivity index (χ4v) is 10.9. The highest BCUT2D eigenvalue weighted by Crippen LogP contribution is 2.50. The molecule has 2 nitrogen and oxygen atoms in total. The summed E-state index contributed by atoms with van der Waals surface area (Å²) < 4.78 is 2.49. The van der Waals surface area contributed by atoms with Crippen molar-refractivity contribution in [3.63, 3.8) is 0 Å². The van der Waals surface area contributed by atoms with Gasteiger partial charge in [0.05, 0.1) is 11.0 Å². The lowest BCUT2D eigenvalue weighted by molar-refractivity contribution is 0.660. The van der Waals surface area contributed by atoms with Crippen molar-refractivity contribution < 1.29 is 0 Å². The lowest BCUT2D eigenvalue weighted by Crippen LogP contribution is -2.14. The molecule has 0 bridgehead atoms. The average molecular weight is 803 g/mol. The molecule has 2 heteroatoms. The Kier molecular flexibility index (Phi) is 7.68. The van der Waals surface area contributed by atoms with Crippen LogP contribution in [0.5, 0.6) is 0 Å². The number of aromatic nitrogens is 1. The molecule has 0 aliphatic heterocycles. The van der Waals surface area contributed by atoms with Crippen molar-refractivity contribution in [1.82, 2.24) is 4.57 Å². The summed E-state index contributed by atoms with van der Waals surface area (Å²) in [7, 11) is 0. The van der Waals surface area contributed by atoms with Gasteiger partial charge in [-0.1, -0.05) is 159 Å². The van der Waals surface area contributed by atoms with Crippen LogP contribution in [0.2, 0.25) is 0 Å². The van der Waals surface area contributed by atoms with E-state index in [1.165, 1.54) is 98.6 Å². The summed E-state index contributed by atoms with van der Waals surface area (Å²) >= 11 is 0. The fraction of sp³-hybridized carbons (Fsp3) is 0.0492. The van der Waals surface area contributed by atoms with Gasteiger partial charge in [-0.25, -0.2) is 0 Å². The van der Waals surface area contributed by atoms with Gasteiger partial charge >= 0.3 is 0 Å². The SMILES string of the molecule is CC1(C)c2ccccc2-c2ccc(-c3ccc4c(c3)c3cc5ccc6c(-c7ccc(N(c8ccccc8)c8ccccc8)cc7)ccc7ccc(c5c76)c3n4-c3ccccc3)cc21. The van der Waals surface area contributed by atoms with Crippen LogP contribution in [0, 0.1) is 0 Å². The van der Waals surface area contributed by atoms with Gasteiger partial charge in [-0.05, 0) is 144 Å². The first-order valence-corrected chi connectivity index (χ1v) is 22.0. The molecule has 12 aromatic rings. The number of rotatable bonds is 6. The third-order valence-electron chi connectivity index (χ3n) is 13.9. The normalized spacial score (nSPS) is 13.0. The maximum atomic E-state index is 2.49. The zero-order valence-electron chi connectivity index (χ0n) is 35.2. The van der Waals surface area contributed by atoms with E-state index in [9.17, 15) is 0 Å². The molecule has 1 aromatic heterocycles. The molecule has 0 radical (unpaired) electrons. The first kappa shape index (κ1) is 35.8. The van der Waals surface area contributed by atoms with Crippen molar-refractivity contribution in [2.24, 2.45) is 0 Å². The molecule has 296 valence electrons. The zero-order valence-corrected chi connectivity index (χ0v) is 35.2. The molecular formula is C61H42N2. The van der Waals surface area contributed by atoms with Crippen molar-refractivity contribution in [2.75, 3.05) is 4.90 Å². The molecule has 63 heavy (non-hydrogen) atoms. The molecule has 0 saturated carbocycles. The molecule has 0 saturated heterocycles. The van der Waals surface area contributed by atoms with Crippen LogP contribution in [-0.4, -0.2) is 4.57 Å². The van der Waals surface area contributed by atoms with Crippen LogP contribution in [0.4, 0.5) is 17.1 Å². The monoisotopic (exact) mass is 802 g/mol. The Bertz CT molecular complexity index is 3690. The van der Waals surface area contributed by atoms with Crippen molar-refractivity contribution in [1.29, 1.82) is 0 Å². The number of nitrogens with zero attached hydrogens (tertiary/aromatic N) is 2. The van der Waals surface area contributed by atoms with E-state index < -0.39 is 0 Å². The predicted octanol–water partition coefficient (Wildman–Crippen LogP) is 16.8. The highest BCUT2D eigenvalue weighted by Gasteiger charge is 2.35. The first-order chi connectivity index (χ1) is 31.0. The molecule has 1 aliphatic rings. The van der Waals surface area contributed by atoms with Gasteiger partial charge in [-0.2, -0.15) is 0 Å². The van der Waals surface area contributed by atoms with Crippen LogP contribution in [0.15, 0.2) is 218 Å². The van der Waals surface area contributed by atoms with Gasteiger partial charge in [-0.15, -0.1) is 0 Å². The standard InChI is InChI=1S/C61H42N2/c1-61(2)55-21-13-12-20-49(55)50-32-26-42(38-56(50)61)41-28-35-57-53(36-41)54-37-43-27-33-51-48(31-24-40-25-34-52(59(43)58(40)51)60(54)63(57)46-18-10-5-11-19-46)39-22-29-47(30-23-39)62(44-14-6-3-7-15-44)45-16-8-4-9-17-45/h3-38H,1-2H3. The summed E-state index contributed by atoms with van der Waals surface area (Å²) in [4.78, 5) is 2.32. The number of hydrogen-bond donors (Lipinski definition) is 0. The third kappa shape index (κ3) is 5.31. The van der Waals surface area contributed by atoms with Gasteiger partial charge in [0.2, 0.25) is 0 Å². The van der Waals surface area contributed by atoms with Gasteiger partial charge in [0.15, 0.2) is 0 Å². The zero-order chi connectivity index (χ0) is 41.8. The summed E-state index contributed by atoms with van der Waals surface area (Å²) in [5, 5.41) is 10.2. The molecule has 13 rings (SSSR count). The number of para-hydroxylation sites is 3. The first-order valence-electron chi connectivity index (χ1n) is 22.0. The highest BCUT2D eigenvalue weighted by atomic mass is 15.1. The van der Waals surface area contributed by atoms with Crippen LogP contribution in [-0.2, 0) is 5.41 Å². The van der Waals surface area contributed by atoms with Gasteiger partial charge in [0.1, 0.15) is 0 Å². The molecule has 1 heterocycles. The Morgan fingerprint density at radius 3 is 1.68 bits per heavy atom. The maximum absolute atomic E-state index is 2.49. The summed E-state index contributed by atoms with van der Waals surface area (Å²) in [6, 6.07) is 80.8. The predicted molar refractivity (Wildman–Crippen MR) is 268 cm³/mol. The quantitative estimate of drug-likeness (QED) is 0.152. The Balaban J connectivity index is 0.987. The van der Waals surface area contributed by atoms with Gasteiger partial charge in [0, 0.05) is 44.3 Å². The van der Waals surface area contributed by atoms with Crippen LogP contribution in [0.25, 0.3) is 93.2 Å². The summed E-state index contributed by atoms with van der Waals surface area (Å²) in [5.41, 5.74) is 17.4. The molecule has 0 N–H and O–H groups in total. The van der Waals surface area contributed by atoms with Crippen molar-refractivity contribution in [2.45, 2.75) is 19.3 Å². The van der Waals surface area contributed by atoms with Crippen LogP contribution >= 0.6 is 0 Å². The van der Waals surface area contributed by atoms with E-state index >= 15 is 0 Å². The molecule has 0 amide bonds. The van der Waals surface area contributed by atoms with E-state index in [0.717, 1.165) is 22.7 Å². The molecule has 0 spiro atoms. The lowest BCUT2D eigenvalue weighted by atomic mass is 9.81. The largest absolute Gasteiger partial charge is 0.311 e. The van der Waals surface area contributed by atoms with E-state index in [-0.39, 0.29) is 5.41 Å². The maximum Gasteiger partial charge on any atom is 0.0620 e. The topological polar surface area (TPSA) is 8.17 Å². The molecule has 0 unspecified atom stereocenters. The van der Waals surface area contributed by atoms with Crippen molar-refractivity contribution >= 4 is 71.2 Å². The number of anilines is 3. The average Bonchev–Trinajstić information content (AvgIpc) is 3.79. The van der Waals surface area contributed by atoms with Gasteiger partial charge in [-0.3, -0.25) is 0 Å². The Morgan fingerprint density at radius 1 is 0.365 bits per heavy atom. The number of benzene rings is 11. The second-order valence-electron chi connectivity index (χ2n) is 17.7. The minimum Gasteiger partial charge on any atom is -0.311 e. The van der Waals surface area contributed by atoms with E-state index in [2.05, 4.69) is 242 Å². The summed E-state index contributed by atoms with van der Waals surface area (Å²) in [5.74, 6) is 0. The molecule has 0 atom stereocenters. The van der Waals surface area contributed by atoms with Gasteiger partial charge in [0.25, 0.3) is 0 Å². The summed E-state index contributed by atoms with van der Waals surface area (Å²) in [6.45, 7) is 4.73. The number of hydrogen-bond acceptors (Lipinski definition) is 1. The van der Waals surface area contributed by atoms with Gasteiger partial charge < -0.3 is 9.47 Å². The molecule has 0 fully saturated rings. The number of fused-ring (bicyclic) bond motifs is 7. The minimum atomic E-state index is -0.0554. The van der Waals surface area contributed by atoms with E-state index in [0.29, 0.717) is 0 Å². The van der Waals surface area contributed by atoms with Crippen LogP contribution < -0.4 is 4.90 Å².